The Hall–Kier alpha value is -2.00. The topological polar surface area (TPSA) is 62.1 Å². The van der Waals surface area contributed by atoms with Gasteiger partial charge in [0, 0.05) is 6.61 Å². The quantitative estimate of drug-likeness (QED) is 0.907. The number of carbonyl (C=O) groups excluding carboxylic acids is 1. The molecule has 1 fully saturated rings. The average molecular weight is 266 g/mol. The van der Waals surface area contributed by atoms with Crippen molar-refractivity contribution < 1.29 is 18.3 Å². The molecule has 4 nitrogen and oxygen atoms in total. The molecule has 0 radical (unpaired) electrons. The monoisotopic (exact) mass is 266 g/mol. The number of ether oxygens (including phenoxy) is 1. The highest BCUT2D eigenvalue weighted by Crippen LogP contribution is 2.30. The summed E-state index contributed by atoms with van der Waals surface area (Å²) in [5.41, 5.74) is 0.471. The zero-order valence-electron chi connectivity index (χ0n) is 10.0. The summed E-state index contributed by atoms with van der Waals surface area (Å²) in [7, 11) is 0. The molecule has 1 amide bonds. The number of nitrogens with one attached hydrogen (secondary N) is 1. The van der Waals surface area contributed by atoms with E-state index < -0.39 is 23.6 Å². The van der Waals surface area contributed by atoms with Gasteiger partial charge in [-0.3, -0.25) is 4.79 Å². The molecule has 2 atom stereocenters. The van der Waals surface area contributed by atoms with Crippen LogP contribution in [0.5, 0.6) is 0 Å². The molecule has 19 heavy (non-hydrogen) atoms. The summed E-state index contributed by atoms with van der Waals surface area (Å²) >= 11 is 0. The van der Waals surface area contributed by atoms with Gasteiger partial charge in [-0.1, -0.05) is 6.07 Å². The maximum atomic E-state index is 13.2. The minimum atomic E-state index is -0.949. The van der Waals surface area contributed by atoms with Gasteiger partial charge in [0.2, 0.25) is 5.91 Å². The molecular weight excluding hydrogens is 254 g/mol. The predicted octanol–water partition coefficient (Wildman–Crippen LogP) is 1.82. The molecule has 1 heterocycles. The van der Waals surface area contributed by atoms with Crippen LogP contribution in [0.1, 0.15) is 24.5 Å². The average Bonchev–Trinajstić information content (AvgIpc) is 2.81. The minimum Gasteiger partial charge on any atom is -0.371 e. The smallest absolute Gasteiger partial charge is 0.234 e. The SMILES string of the molecule is N#CCC(=O)N[C@@H]1CCO[C@H]1c1ccc(F)c(F)c1. The predicted molar refractivity (Wildman–Crippen MR) is 61.8 cm³/mol. The summed E-state index contributed by atoms with van der Waals surface area (Å²) in [6, 6.07) is 4.94. The summed E-state index contributed by atoms with van der Waals surface area (Å²) in [4.78, 5) is 11.4. The number of nitriles is 1. The van der Waals surface area contributed by atoms with Crippen molar-refractivity contribution in [2.75, 3.05) is 6.61 Å². The van der Waals surface area contributed by atoms with Crippen LogP contribution in [0.4, 0.5) is 8.78 Å². The van der Waals surface area contributed by atoms with E-state index in [1.807, 2.05) is 0 Å². The summed E-state index contributed by atoms with van der Waals surface area (Å²) in [6.45, 7) is 0.418. The second-order valence-corrected chi connectivity index (χ2v) is 4.26. The van der Waals surface area contributed by atoms with Crippen LogP contribution in [-0.2, 0) is 9.53 Å². The van der Waals surface area contributed by atoms with Gasteiger partial charge in [0.05, 0.1) is 12.1 Å². The highest BCUT2D eigenvalue weighted by molar-refractivity contribution is 5.78. The lowest BCUT2D eigenvalue weighted by molar-refractivity contribution is -0.121. The highest BCUT2D eigenvalue weighted by atomic mass is 19.2. The van der Waals surface area contributed by atoms with Crippen LogP contribution in [0.2, 0.25) is 0 Å². The van der Waals surface area contributed by atoms with E-state index in [9.17, 15) is 13.6 Å². The van der Waals surface area contributed by atoms with Crippen molar-refractivity contribution in [1.82, 2.24) is 5.32 Å². The Morgan fingerprint density at radius 1 is 1.47 bits per heavy atom. The van der Waals surface area contributed by atoms with Gasteiger partial charge in [-0.25, -0.2) is 8.78 Å². The summed E-state index contributed by atoms with van der Waals surface area (Å²) < 4.78 is 31.5. The van der Waals surface area contributed by atoms with Crippen molar-refractivity contribution in [2.24, 2.45) is 0 Å². The number of halogens is 2. The Morgan fingerprint density at radius 2 is 2.26 bits per heavy atom. The lowest BCUT2D eigenvalue weighted by Gasteiger charge is -2.19. The fourth-order valence-electron chi connectivity index (χ4n) is 2.08. The Balaban J connectivity index is 2.12. The molecule has 1 aliphatic rings. The molecule has 100 valence electrons. The van der Waals surface area contributed by atoms with Crippen molar-refractivity contribution in [3.05, 3.63) is 35.4 Å². The zero-order valence-corrected chi connectivity index (χ0v) is 10.0. The Bertz CT molecular complexity index is 528. The van der Waals surface area contributed by atoms with E-state index >= 15 is 0 Å². The van der Waals surface area contributed by atoms with Crippen LogP contribution in [-0.4, -0.2) is 18.6 Å². The fourth-order valence-corrected chi connectivity index (χ4v) is 2.08. The fraction of sp³-hybridized carbons (Fsp3) is 0.385. The van der Waals surface area contributed by atoms with Crippen LogP contribution < -0.4 is 5.32 Å². The van der Waals surface area contributed by atoms with E-state index in [0.29, 0.717) is 18.6 Å². The molecule has 0 bridgehead atoms. The first-order valence-corrected chi connectivity index (χ1v) is 5.84. The molecule has 2 rings (SSSR count). The second kappa shape index (κ2) is 5.76. The molecule has 0 aliphatic carbocycles. The molecule has 1 aromatic carbocycles. The van der Waals surface area contributed by atoms with E-state index in [4.69, 9.17) is 10.00 Å². The summed E-state index contributed by atoms with van der Waals surface area (Å²) in [6.07, 6.45) is -0.181. The third-order valence-corrected chi connectivity index (χ3v) is 2.95. The molecule has 1 N–H and O–H groups in total. The number of carbonyl (C=O) groups is 1. The van der Waals surface area contributed by atoms with Crippen molar-refractivity contribution >= 4 is 5.91 Å². The maximum Gasteiger partial charge on any atom is 0.234 e. The van der Waals surface area contributed by atoms with E-state index in [1.165, 1.54) is 6.07 Å². The van der Waals surface area contributed by atoms with Crippen molar-refractivity contribution in [1.29, 1.82) is 5.26 Å². The van der Waals surface area contributed by atoms with Gasteiger partial charge in [-0.2, -0.15) is 5.26 Å². The lowest BCUT2D eigenvalue weighted by Crippen LogP contribution is -2.36. The minimum absolute atomic E-state index is 0.235. The van der Waals surface area contributed by atoms with Gasteiger partial charge in [0.15, 0.2) is 11.6 Å². The van der Waals surface area contributed by atoms with Crippen LogP contribution in [0, 0.1) is 23.0 Å². The Labute approximate surface area is 109 Å². The normalized spacial score (nSPS) is 21.9. The van der Waals surface area contributed by atoms with E-state index in [-0.39, 0.29) is 12.5 Å². The first-order chi connectivity index (χ1) is 9.11. The maximum absolute atomic E-state index is 13.2. The first-order valence-electron chi connectivity index (χ1n) is 5.84. The van der Waals surface area contributed by atoms with Crippen LogP contribution in [0.15, 0.2) is 18.2 Å². The van der Waals surface area contributed by atoms with Gasteiger partial charge >= 0.3 is 0 Å². The molecule has 0 aromatic heterocycles. The summed E-state index contributed by atoms with van der Waals surface area (Å²) in [5.74, 6) is -2.27. The number of amides is 1. The standard InChI is InChI=1S/C13H12F2N2O2/c14-9-2-1-8(7-10(9)15)13-11(4-6-19-13)17-12(18)3-5-16/h1-2,7,11,13H,3-4,6H2,(H,17,18)/t11-,13+/m1/s1. The number of rotatable bonds is 3. The van der Waals surface area contributed by atoms with Crippen LogP contribution >= 0.6 is 0 Å². The van der Waals surface area contributed by atoms with E-state index in [0.717, 1.165) is 12.1 Å². The molecule has 1 saturated heterocycles. The first kappa shape index (κ1) is 13.4. The van der Waals surface area contributed by atoms with Gasteiger partial charge in [0.25, 0.3) is 0 Å². The molecular formula is C13H12F2N2O2. The van der Waals surface area contributed by atoms with E-state index in [1.54, 1.807) is 6.07 Å². The number of nitrogens with zero attached hydrogens (tertiary/aromatic N) is 1. The molecule has 6 heteroatoms. The van der Waals surface area contributed by atoms with Crippen molar-refractivity contribution in [3.63, 3.8) is 0 Å². The summed E-state index contributed by atoms with van der Waals surface area (Å²) in [5, 5.41) is 11.1. The van der Waals surface area contributed by atoms with Gasteiger partial charge < -0.3 is 10.1 Å². The lowest BCUT2D eigenvalue weighted by atomic mass is 10.0. The number of hydrogen-bond donors (Lipinski definition) is 1. The Kier molecular flexibility index (Phi) is 4.07. The van der Waals surface area contributed by atoms with Gasteiger partial charge in [0.1, 0.15) is 12.5 Å². The van der Waals surface area contributed by atoms with Gasteiger partial charge in [-0.15, -0.1) is 0 Å². The largest absolute Gasteiger partial charge is 0.371 e. The van der Waals surface area contributed by atoms with Crippen LogP contribution in [0.3, 0.4) is 0 Å². The number of hydrogen-bond acceptors (Lipinski definition) is 3. The van der Waals surface area contributed by atoms with Crippen molar-refractivity contribution in [3.8, 4) is 6.07 Å². The Morgan fingerprint density at radius 3 is 2.95 bits per heavy atom. The molecule has 0 unspecified atom stereocenters. The van der Waals surface area contributed by atoms with Crippen molar-refractivity contribution in [2.45, 2.75) is 25.0 Å². The van der Waals surface area contributed by atoms with E-state index in [2.05, 4.69) is 5.32 Å². The molecule has 0 saturated carbocycles. The molecule has 1 aromatic rings. The highest BCUT2D eigenvalue weighted by Gasteiger charge is 2.31. The molecule has 1 aliphatic heterocycles. The third kappa shape index (κ3) is 3.06. The second-order valence-electron chi connectivity index (χ2n) is 4.26. The van der Waals surface area contributed by atoms with Gasteiger partial charge in [-0.05, 0) is 24.1 Å². The number of benzene rings is 1. The van der Waals surface area contributed by atoms with Crippen LogP contribution in [0.25, 0.3) is 0 Å². The zero-order chi connectivity index (χ0) is 13.8. The third-order valence-electron chi connectivity index (χ3n) is 2.95. The molecule has 0 spiro atoms.